The number of hydrogen-bond acceptors (Lipinski definition) is 3. The molecule has 70 valence electrons. The fourth-order valence-corrected chi connectivity index (χ4v) is 1.32. The number of aromatic nitrogens is 3. The van der Waals surface area contributed by atoms with Crippen LogP contribution in [0.1, 0.15) is 10.4 Å². The monoisotopic (exact) mass is 187 g/mol. The zero-order valence-electron chi connectivity index (χ0n) is 7.55. The highest BCUT2D eigenvalue weighted by atomic mass is 16.1. The second-order valence-electron chi connectivity index (χ2n) is 2.93. The number of benzene rings is 1. The van der Waals surface area contributed by atoms with Gasteiger partial charge in [0.2, 0.25) is 0 Å². The molecule has 0 aliphatic carbocycles. The molecule has 0 saturated heterocycles. The van der Waals surface area contributed by atoms with Crippen LogP contribution in [0.15, 0.2) is 30.9 Å². The Bertz CT molecular complexity index is 487. The average molecular weight is 187 g/mol. The molecule has 1 aromatic heterocycles. The van der Waals surface area contributed by atoms with Gasteiger partial charge in [-0.15, -0.1) is 11.7 Å². The number of fused-ring (bicyclic) bond motifs is 1. The molecule has 0 spiro atoms. The molecule has 0 bridgehead atoms. The van der Waals surface area contributed by atoms with Crippen molar-refractivity contribution in [2.45, 2.75) is 6.54 Å². The first-order valence-electron chi connectivity index (χ1n) is 4.24. The van der Waals surface area contributed by atoms with E-state index < -0.39 is 0 Å². The third-order valence-corrected chi connectivity index (χ3v) is 1.98. The Morgan fingerprint density at radius 1 is 1.50 bits per heavy atom. The molecular formula is C10H9N3O. The molecule has 14 heavy (non-hydrogen) atoms. The topological polar surface area (TPSA) is 47.8 Å². The van der Waals surface area contributed by atoms with Gasteiger partial charge in [-0.3, -0.25) is 4.79 Å². The third kappa shape index (κ3) is 1.31. The van der Waals surface area contributed by atoms with Gasteiger partial charge in [0.25, 0.3) is 0 Å². The summed E-state index contributed by atoms with van der Waals surface area (Å²) >= 11 is 0. The van der Waals surface area contributed by atoms with Crippen molar-refractivity contribution in [3.63, 3.8) is 0 Å². The highest BCUT2D eigenvalue weighted by Gasteiger charge is 2.03. The van der Waals surface area contributed by atoms with Crippen molar-refractivity contribution >= 4 is 17.3 Å². The number of aldehydes is 1. The van der Waals surface area contributed by atoms with E-state index >= 15 is 0 Å². The molecule has 0 aliphatic rings. The van der Waals surface area contributed by atoms with Crippen molar-refractivity contribution in [1.29, 1.82) is 0 Å². The van der Waals surface area contributed by atoms with Gasteiger partial charge in [-0.1, -0.05) is 11.3 Å². The first-order valence-corrected chi connectivity index (χ1v) is 4.24. The molecule has 2 aromatic rings. The Labute approximate surface area is 80.8 Å². The summed E-state index contributed by atoms with van der Waals surface area (Å²) in [4.78, 5) is 10.5. The second kappa shape index (κ2) is 3.41. The molecular weight excluding hydrogens is 178 g/mol. The molecule has 2 rings (SSSR count). The van der Waals surface area contributed by atoms with Crippen LogP contribution in [0.4, 0.5) is 0 Å². The van der Waals surface area contributed by atoms with Crippen LogP contribution in [-0.2, 0) is 6.54 Å². The minimum atomic E-state index is 0.614. The van der Waals surface area contributed by atoms with Gasteiger partial charge >= 0.3 is 0 Å². The maximum absolute atomic E-state index is 10.5. The third-order valence-electron chi connectivity index (χ3n) is 1.98. The fourth-order valence-electron chi connectivity index (χ4n) is 1.32. The quantitative estimate of drug-likeness (QED) is 0.539. The highest BCUT2D eigenvalue weighted by molar-refractivity contribution is 5.84. The lowest BCUT2D eigenvalue weighted by atomic mass is 10.2. The largest absolute Gasteiger partial charge is 0.298 e. The van der Waals surface area contributed by atoms with Crippen molar-refractivity contribution in [2.75, 3.05) is 0 Å². The normalized spacial score (nSPS) is 10.3. The van der Waals surface area contributed by atoms with Crippen LogP contribution in [0, 0.1) is 0 Å². The van der Waals surface area contributed by atoms with E-state index in [1.807, 2.05) is 6.07 Å². The zero-order chi connectivity index (χ0) is 9.97. The Morgan fingerprint density at radius 2 is 2.36 bits per heavy atom. The molecule has 0 saturated carbocycles. The predicted octanol–water partition coefficient (Wildman–Crippen LogP) is 1.43. The van der Waals surface area contributed by atoms with Gasteiger partial charge in [-0.2, -0.15) is 0 Å². The smallest absolute Gasteiger partial charge is 0.150 e. The van der Waals surface area contributed by atoms with E-state index in [0.29, 0.717) is 12.1 Å². The maximum Gasteiger partial charge on any atom is 0.150 e. The van der Waals surface area contributed by atoms with E-state index in [0.717, 1.165) is 17.3 Å². The molecule has 1 heterocycles. The van der Waals surface area contributed by atoms with E-state index in [1.54, 1.807) is 22.9 Å². The SMILES string of the molecule is C=CCn1nnc2cc(C=O)ccc21. The standard InChI is InChI=1S/C10H9N3O/c1-2-5-13-10-4-3-8(7-14)6-9(10)11-12-13/h2-4,6-7H,1,5H2. The van der Waals surface area contributed by atoms with Gasteiger partial charge < -0.3 is 0 Å². The molecule has 4 nitrogen and oxygen atoms in total. The lowest BCUT2D eigenvalue weighted by Crippen LogP contribution is -1.96. The van der Waals surface area contributed by atoms with Crippen LogP contribution in [0.3, 0.4) is 0 Å². The van der Waals surface area contributed by atoms with Crippen LogP contribution in [0.5, 0.6) is 0 Å². The van der Waals surface area contributed by atoms with Crippen LogP contribution in [-0.4, -0.2) is 21.3 Å². The molecule has 0 atom stereocenters. The van der Waals surface area contributed by atoms with Gasteiger partial charge in [-0.05, 0) is 18.2 Å². The second-order valence-corrected chi connectivity index (χ2v) is 2.93. The first-order chi connectivity index (χ1) is 6.85. The summed E-state index contributed by atoms with van der Waals surface area (Å²) in [6.45, 7) is 4.25. The number of hydrogen-bond donors (Lipinski definition) is 0. The van der Waals surface area contributed by atoms with Gasteiger partial charge in [0.1, 0.15) is 11.8 Å². The van der Waals surface area contributed by atoms with Gasteiger partial charge in [0, 0.05) is 5.56 Å². The minimum absolute atomic E-state index is 0.614. The van der Waals surface area contributed by atoms with E-state index in [1.165, 1.54) is 0 Å². The molecule has 4 heteroatoms. The predicted molar refractivity (Wildman–Crippen MR) is 53.1 cm³/mol. The minimum Gasteiger partial charge on any atom is -0.298 e. The maximum atomic E-state index is 10.5. The lowest BCUT2D eigenvalue weighted by Gasteiger charge is -1.96. The van der Waals surface area contributed by atoms with Crippen molar-refractivity contribution < 1.29 is 4.79 Å². The van der Waals surface area contributed by atoms with E-state index in [-0.39, 0.29) is 0 Å². The lowest BCUT2D eigenvalue weighted by molar-refractivity contribution is 0.112. The Morgan fingerprint density at radius 3 is 3.07 bits per heavy atom. The van der Waals surface area contributed by atoms with Crippen LogP contribution < -0.4 is 0 Å². The summed E-state index contributed by atoms with van der Waals surface area (Å²) in [6, 6.07) is 5.30. The molecule has 0 aliphatic heterocycles. The molecule has 0 amide bonds. The van der Waals surface area contributed by atoms with Gasteiger partial charge in [0.05, 0.1) is 12.1 Å². The number of nitrogens with zero attached hydrogens (tertiary/aromatic N) is 3. The number of allylic oxidation sites excluding steroid dienone is 1. The van der Waals surface area contributed by atoms with Crippen LogP contribution >= 0.6 is 0 Å². The van der Waals surface area contributed by atoms with Crippen LogP contribution in [0.25, 0.3) is 11.0 Å². The summed E-state index contributed by atoms with van der Waals surface area (Å²) < 4.78 is 1.73. The summed E-state index contributed by atoms with van der Waals surface area (Å²) in [7, 11) is 0. The van der Waals surface area contributed by atoms with Crippen molar-refractivity contribution in [3.05, 3.63) is 36.4 Å². The van der Waals surface area contributed by atoms with E-state index in [4.69, 9.17) is 0 Å². The molecule has 0 N–H and O–H groups in total. The Balaban J connectivity index is 2.58. The fraction of sp³-hybridized carbons (Fsp3) is 0.100. The number of rotatable bonds is 3. The molecule has 1 aromatic carbocycles. The summed E-state index contributed by atoms with van der Waals surface area (Å²) in [6.07, 6.45) is 2.55. The number of carbonyl (C=O) groups is 1. The molecule has 0 fully saturated rings. The van der Waals surface area contributed by atoms with Crippen molar-refractivity contribution in [3.8, 4) is 0 Å². The molecule has 0 unspecified atom stereocenters. The molecule has 0 radical (unpaired) electrons. The van der Waals surface area contributed by atoms with Crippen molar-refractivity contribution in [2.24, 2.45) is 0 Å². The number of carbonyl (C=O) groups excluding carboxylic acids is 1. The zero-order valence-corrected chi connectivity index (χ0v) is 7.55. The summed E-state index contributed by atoms with van der Waals surface area (Å²) in [5, 5.41) is 7.89. The van der Waals surface area contributed by atoms with Gasteiger partial charge in [0.15, 0.2) is 0 Å². The van der Waals surface area contributed by atoms with E-state index in [2.05, 4.69) is 16.9 Å². The van der Waals surface area contributed by atoms with Crippen LogP contribution in [0.2, 0.25) is 0 Å². The van der Waals surface area contributed by atoms with E-state index in [9.17, 15) is 4.79 Å². The average Bonchev–Trinajstić information content (AvgIpc) is 2.61. The van der Waals surface area contributed by atoms with Gasteiger partial charge in [-0.25, -0.2) is 4.68 Å². The first kappa shape index (κ1) is 8.62. The Kier molecular flexibility index (Phi) is 2.10. The Hall–Kier alpha value is -1.97. The summed E-state index contributed by atoms with van der Waals surface area (Å²) in [5.74, 6) is 0. The summed E-state index contributed by atoms with van der Waals surface area (Å²) in [5.41, 5.74) is 2.26. The highest BCUT2D eigenvalue weighted by Crippen LogP contribution is 2.12. The van der Waals surface area contributed by atoms with Crippen molar-refractivity contribution in [1.82, 2.24) is 15.0 Å².